The summed E-state index contributed by atoms with van der Waals surface area (Å²) in [6.45, 7) is 0. The van der Waals surface area contributed by atoms with Crippen LogP contribution in [0.15, 0.2) is 22.7 Å². The topological polar surface area (TPSA) is 61.4 Å². The molecule has 1 saturated carbocycles. The molecule has 1 fully saturated rings. The minimum Gasteiger partial charge on any atom is -0.393 e. The van der Waals surface area contributed by atoms with Crippen LogP contribution in [0.3, 0.4) is 0 Å². The van der Waals surface area contributed by atoms with Gasteiger partial charge in [0, 0.05) is 6.04 Å². The first-order chi connectivity index (χ1) is 9.06. The maximum absolute atomic E-state index is 11.9. The molecule has 2 amide bonds. The molecule has 104 valence electrons. The summed E-state index contributed by atoms with van der Waals surface area (Å²) in [5.74, 6) is 0. The zero-order valence-electron chi connectivity index (χ0n) is 10.3. The number of carbonyl (C=O) groups is 1. The monoisotopic (exact) mass is 346 g/mol. The molecule has 4 nitrogen and oxygen atoms in total. The Morgan fingerprint density at radius 3 is 2.95 bits per heavy atom. The molecule has 0 aliphatic heterocycles. The third-order valence-corrected chi connectivity index (χ3v) is 4.58. The van der Waals surface area contributed by atoms with Gasteiger partial charge in [0.2, 0.25) is 0 Å². The van der Waals surface area contributed by atoms with Gasteiger partial charge in [-0.2, -0.15) is 0 Å². The number of urea groups is 1. The van der Waals surface area contributed by atoms with Crippen molar-refractivity contribution in [3.63, 3.8) is 0 Å². The highest BCUT2D eigenvalue weighted by atomic mass is 79.9. The number of carbonyl (C=O) groups excluding carboxylic acids is 1. The second-order valence-electron chi connectivity index (χ2n) is 4.72. The van der Waals surface area contributed by atoms with Crippen molar-refractivity contribution in [3.8, 4) is 0 Å². The highest BCUT2D eigenvalue weighted by molar-refractivity contribution is 9.10. The Bertz CT molecular complexity index is 470. The van der Waals surface area contributed by atoms with Crippen LogP contribution >= 0.6 is 27.5 Å². The Balaban J connectivity index is 1.92. The van der Waals surface area contributed by atoms with Crippen LogP contribution < -0.4 is 10.6 Å². The fourth-order valence-electron chi connectivity index (χ4n) is 2.24. The molecule has 19 heavy (non-hydrogen) atoms. The maximum Gasteiger partial charge on any atom is 0.319 e. The zero-order valence-corrected chi connectivity index (χ0v) is 12.7. The lowest BCUT2D eigenvalue weighted by Crippen LogP contribution is -2.41. The van der Waals surface area contributed by atoms with Crippen LogP contribution in [0.2, 0.25) is 5.02 Å². The van der Waals surface area contributed by atoms with E-state index < -0.39 is 0 Å². The highest BCUT2D eigenvalue weighted by Crippen LogP contribution is 2.30. The van der Waals surface area contributed by atoms with Crippen molar-refractivity contribution in [1.29, 1.82) is 0 Å². The quantitative estimate of drug-likeness (QED) is 0.766. The second-order valence-corrected chi connectivity index (χ2v) is 5.92. The largest absolute Gasteiger partial charge is 0.393 e. The number of rotatable bonds is 2. The standard InChI is InChI=1S/C13H16BrClN2O2/c14-12-10(15)5-2-6-11(12)17-13(19)16-8-3-1-4-9(18)7-8/h2,5-6,8-9,18H,1,3-4,7H2,(H2,16,17,19)/t8-,9+/m0/s1. The third-order valence-electron chi connectivity index (χ3n) is 3.18. The Hall–Kier alpha value is -0.780. The SMILES string of the molecule is O=C(Nc1cccc(Cl)c1Br)N[C@H]1CCC[C@@H](O)C1. The number of anilines is 1. The first-order valence-corrected chi connectivity index (χ1v) is 7.43. The van der Waals surface area contributed by atoms with Gasteiger partial charge in [-0.05, 0) is 53.7 Å². The molecule has 0 heterocycles. The molecule has 2 rings (SSSR count). The van der Waals surface area contributed by atoms with Gasteiger partial charge in [0.1, 0.15) is 0 Å². The van der Waals surface area contributed by atoms with E-state index in [-0.39, 0.29) is 18.2 Å². The summed E-state index contributed by atoms with van der Waals surface area (Å²) in [5, 5.41) is 15.7. The van der Waals surface area contributed by atoms with Crippen molar-refractivity contribution < 1.29 is 9.90 Å². The summed E-state index contributed by atoms with van der Waals surface area (Å²) in [5.41, 5.74) is 0.626. The number of benzene rings is 1. The third kappa shape index (κ3) is 4.09. The van der Waals surface area contributed by atoms with Crippen molar-refractivity contribution in [2.75, 3.05) is 5.32 Å². The van der Waals surface area contributed by atoms with Gasteiger partial charge >= 0.3 is 6.03 Å². The van der Waals surface area contributed by atoms with E-state index in [1.807, 2.05) is 0 Å². The minimum atomic E-state index is -0.308. The number of halogens is 2. The van der Waals surface area contributed by atoms with Gasteiger partial charge in [-0.25, -0.2) is 4.79 Å². The van der Waals surface area contributed by atoms with Crippen LogP contribution in [-0.2, 0) is 0 Å². The molecule has 0 radical (unpaired) electrons. The fraction of sp³-hybridized carbons (Fsp3) is 0.462. The van der Waals surface area contributed by atoms with Crippen LogP contribution in [0.5, 0.6) is 0 Å². The number of aliphatic hydroxyl groups is 1. The summed E-state index contributed by atoms with van der Waals surface area (Å²) >= 11 is 9.29. The van der Waals surface area contributed by atoms with Gasteiger partial charge < -0.3 is 15.7 Å². The maximum atomic E-state index is 11.9. The minimum absolute atomic E-state index is 0.0294. The zero-order chi connectivity index (χ0) is 13.8. The van der Waals surface area contributed by atoms with Gasteiger partial charge in [0.25, 0.3) is 0 Å². The lowest BCUT2D eigenvalue weighted by molar-refractivity contribution is 0.114. The number of hydrogen-bond donors (Lipinski definition) is 3. The molecule has 2 atom stereocenters. The van der Waals surface area contributed by atoms with Crippen LogP contribution in [0, 0.1) is 0 Å². The van der Waals surface area contributed by atoms with E-state index in [0.717, 1.165) is 19.3 Å². The van der Waals surface area contributed by atoms with E-state index in [9.17, 15) is 9.90 Å². The predicted octanol–water partition coefficient (Wildman–Crippen LogP) is 3.53. The van der Waals surface area contributed by atoms with E-state index in [1.54, 1.807) is 18.2 Å². The molecular weight excluding hydrogens is 332 g/mol. The summed E-state index contributed by atoms with van der Waals surface area (Å²) in [6.07, 6.45) is 2.97. The van der Waals surface area contributed by atoms with Crippen LogP contribution in [-0.4, -0.2) is 23.3 Å². The molecule has 1 aliphatic rings. The molecular formula is C13H16BrClN2O2. The molecule has 0 spiro atoms. The molecule has 0 bridgehead atoms. The average Bonchev–Trinajstić information content (AvgIpc) is 2.35. The van der Waals surface area contributed by atoms with E-state index in [0.29, 0.717) is 21.6 Å². The van der Waals surface area contributed by atoms with E-state index >= 15 is 0 Å². The van der Waals surface area contributed by atoms with Gasteiger partial charge in [-0.1, -0.05) is 17.7 Å². The van der Waals surface area contributed by atoms with Crippen molar-refractivity contribution >= 4 is 39.2 Å². The van der Waals surface area contributed by atoms with Crippen LogP contribution in [0.4, 0.5) is 10.5 Å². The summed E-state index contributed by atoms with van der Waals surface area (Å²) in [7, 11) is 0. The summed E-state index contributed by atoms with van der Waals surface area (Å²) in [6, 6.07) is 5.04. The van der Waals surface area contributed by atoms with E-state index in [4.69, 9.17) is 11.6 Å². The molecule has 0 aromatic heterocycles. The van der Waals surface area contributed by atoms with Crippen molar-refractivity contribution in [2.24, 2.45) is 0 Å². The molecule has 1 aliphatic carbocycles. The van der Waals surface area contributed by atoms with E-state index in [2.05, 4.69) is 26.6 Å². The highest BCUT2D eigenvalue weighted by Gasteiger charge is 2.21. The Morgan fingerprint density at radius 1 is 1.42 bits per heavy atom. The van der Waals surface area contributed by atoms with Crippen LogP contribution in [0.25, 0.3) is 0 Å². The van der Waals surface area contributed by atoms with Crippen molar-refractivity contribution in [3.05, 3.63) is 27.7 Å². The molecule has 0 unspecified atom stereocenters. The van der Waals surface area contributed by atoms with E-state index in [1.165, 1.54) is 0 Å². The average molecular weight is 348 g/mol. The summed E-state index contributed by atoms with van der Waals surface area (Å²) in [4.78, 5) is 11.9. The number of aliphatic hydroxyl groups excluding tert-OH is 1. The predicted molar refractivity (Wildman–Crippen MR) is 79.6 cm³/mol. The molecule has 3 N–H and O–H groups in total. The first kappa shape index (κ1) is 14.6. The first-order valence-electron chi connectivity index (χ1n) is 6.26. The molecule has 1 aromatic rings. The number of amides is 2. The molecule has 6 heteroatoms. The Kier molecular flexibility index (Phi) is 5.07. The smallest absolute Gasteiger partial charge is 0.319 e. The van der Waals surface area contributed by atoms with Crippen LogP contribution in [0.1, 0.15) is 25.7 Å². The lowest BCUT2D eigenvalue weighted by atomic mass is 9.93. The Labute approximate surface area is 125 Å². The lowest BCUT2D eigenvalue weighted by Gasteiger charge is -2.26. The van der Waals surface area contributed by atoms with Gasteiger partial charge in [-0.3, -0.25) is 0 Å². The second kappa shape index (κ2) is 6.59. The molecule has 0 saturated heterocycles. The Morgan fingerprint density at radius 2 is 2.21 bits per heavy atom. The number of nitrogens with one attached hydrogen (secondary N) is 2. The van der Waals surface area contributed by atoms with Crippen molar-refractivity contribution in [1.82, 2.24) is 5.32 Å². The van der Waals surface area contributed by atoms with Crippen molar-refractivity contribution in [2.45, 2.75) is 37.8 Å². The molecule has 1 aromatic carbocycles. The summed E-state index contributed by atoms with van der Waals surface area (Å²) < 4.78 is 0.662. The fourth-order valence-corrected chi connectivity index (χ4v) is 2.78. The number of hydrogen-bond acceptors (Lipinski definition) is 2. The van der Waals surface area contributed by atoms with Gasteiger partial charge in [0.15, 0.2) is 0 Å². The normalized spacial score (nSPS) is 22.9. The van der Waals surface area contributed by atoms with Gasteiger partial charge in [-0.15, -0.1) is 0 Å². The van der Waals surface area contributed by atoms with Gasteiger partial charge in [0.05, 0.1) is 21.3 Å².